The summed E-state index contributed by atoms with van der Waals surface area (Å²) in [5.74, 6) is 7.08. The van der Waals surface area contributed by atoms with E-state index in [1.165, 1.54) is 0 Å². The lowest BCUT2D eigenvalue weighted by atomic mass is 10.4. The summed E-state index contributed by atoms with van der Waals surface area (Å²) in [5, 5.41) is 0. The number of nitrogens with zero attached hydrogens (tertiary/aromatic N) is 4. The first-order chi connectivity index (χ1) is 8.69. The molecule has 0 bridgehead atoms. The lowest BCUT2D eigenvalue weighted by molar-refractivity contribution is 0.197. The third kappa shape index (κ3) is 4.34. The van der Waals surface area contributed by atoms with Crippen molar-refractivity contribution in [3.8, 4) is 0 Å². The van der Waals surface area contributed by atoms with Crippen LogP contribution in [0, 0.1) is 0 Å². The van der Waals surface area contributed by atoms with Crippen LogP contribution in [0.4, 0.5) is 0 Å². The molecule has 0 radical (unpaired) electrons. The molecule has 0 fully saturated rings. The Kier molecular flexibility index (Phi) is 6.16. The number of nitrogens with one attached hydrogen (secondary N) is 1. The van der Waals surface area contributed by atoms with Crippen LogP contribution in [-0.2, 0) is 18.3 Å². The summed E-state index contributed by atoms with van der Waals surface area (Å²) < 4.78 is 6.94. The Hall–Kier alpha value is -1.60. The molecule has 0 unspecified atom stereocenters. The second-order valence-corrected chi connectivity index (χ2v) is 4.01. The molecule has 1 rings (SSSR count). The molecule has 7 heteroatoms. The van der Waals surface area contributed by atoms with E-state index in [1.54, 1.807) is 13.3 Å². The van der Waals surface area contributed by atoms with Crippen molar-refractivity contribution in [2.24, 2.45) is 17.9 Å². The van der Waals surface area contributed by atoms with Gasteiger partial charge in [-0.3, -0.25) is 10.4 Å². The van der Waals surface area contributed by atoms with Crippen molar-refractivity contribution >= 4 is 5.96 Å². The minimum atomic E-state index is 0.647. The minimum absolute atomic E-state index is 0.647. The van der Waals surface area contributed by atoms with E-state index in [1.807, 2.05) is 29.8 Å². The molecule has 0 saturated carbocycles. The van der Waals surface area contributed by atoms with Gasteiger partial charge < -0.3 is 14.2 Å². The van der Waals surface area contributed by atoms with Gasteiger partial charge >= 0.3 is 0 Å². The smallest absolute Gasteiger partial charge is 0.208 e. The van der Waals surface area contributed by atoms with Gasteiger partial charge in [-0.05, 0) is 6.42 Å². The highest BCUT2D eigenvalue weighted by Crippen LogP contribution is 1.99. The molecule has 102 valence electrons. The molecule has 1 aromatic rings. The number of aliphatic imine (C=N–C) groups is 1. The van der Waals surface area contributed by atoms with E-state index in [-0.39, 0.29) is 0 Å². The molecular weight excluding hydrogens is 232 g/mol. The Bertz CT molecular complexity index is 375. The van der Waals surface area contributed by atoms with E-state index in [0.29, 0.717) is 25.7 Å². The summed E-state index contributed by atoms with van der Waals surface area (Å²) in [6, 6.07) is 0. The van der Waals surface area contributed by atoms with E-state index >= 15 is 0 Å². The molecule has 0 spiro atoms. The van der Waals surface area contributed by atoms with Crippen LogP contribution in [0.3, 0.4) is 0 Å². The number of hydrogen-bond acceptors (Lipinski definition) is 4. The van der Waals surface area contributed by atoms with Crippen molar-refractivity contribution in [2.75, 3.05) is 27.3 Å². The fourth-order valence-corrected chi connectivity index (χ4v) is 1.51. The van der Waals surface area contributed by atoms with Crippen LogP contribution in [0.15, 0.2) is 17.4 Å². The highest BCUT2D eigenvalue weighted by atomic mass is 16.5. The van der Waals surface area contributed by atoms with Crippen molar-refractivity contribution < 1.29 is 4.74 Å². The lowest BCUT2D eigenvalue weighted by Gasteiger charge is -2.20. The molecule has 18 heavy (non-hydrogen) atoms. The van der Waals surface area contributed by atoms with Gasteiger partial charge in [0.05, 0.1) is 6.54 Å². The number of ether oxygens (including phenoxy) is 1. The molecule has 0 amide bonds. The molecule has 0 aromatic carbocycles. The maximum Gasteiger partial charge on any atom is 0.208 e. The number of hydrazine groups is 1. The maximum atomic E-state index is 5.47. The van der Waals surface area contributed by atoms with Gasteiger partial charge in [-0.15, -0.1) is 0 Å². The van der Waals surface area contributed by atoms with Crippen LogP contribution in [0.2, 0.25) is 0 Å². The van der Waals surface area contributed by atoms with Gasteiger partial charge in [0, 0.05) is 46.8 Å². The van der Waals surface area contributed by atoms with Gasteiger partial charge in [0.1, 0.15) is 5.82 Å². The zero-order chi connectivity index (χ0) is 13.4. The van der Waals surface area contributed by atoms with E-state index in [4.69, 9.17) is 10.6 Å². The fourth-order valence-electron chi connectivity index (χ4n) is 1.51. The van der Waals surface area contributed by atoms with E-state index in [2.05, 4.69) is 15.4 Å². The number of aryl methyl sites for hydroxylation is 1. The van der Waals surface area contributed by atoms with Gasteiger partial charge in [-0.25, -0.2) is 10.8 Å². The van der Waals surface area contributed by atoms with Gasteiger partial charge in [-0.1, -0.05) is 0 Å². The van der Waals surface area contributed by atoms with Crippen LogP contribution < -0.4 is 11.3 Å². The van der Waals surface area contributed by atoms with Crippen molar-refractivity contribution in [3.63, 3.8) is 0 Å². The fraction of sp³-hybridized carbons (Fsp3) is 0.636. The molecule has 0 atom stereocenters. The van der Waals surface area contributed by atoms with Crippen molar-refractivity contribution in [1.82, 2.24) is 19.9 Å². The van der Waals surface area contributed by atoms with Crippen LogP contribution in [-0.4, -0.2) is 47.7 Å². The third-order valence-electron chi connectivity index (χ3n) is 2.56. The number of guanidine groups is 1. The Balaban J connectivity index is 2.51. The first-order valence-corrected chi connectivity index (χ1v) is 5.86. The molecule has 1 aromatic heterocycles. The quantitative estimate of drug-likeness (QED) is 0.240. The molecular formula is C11H22N6O. The van der Waals surface area contributed by atoms with Crippen molar-refractivity contribution in [2.45, 2.75) is 13.0 Å². The highest BCUT2D eigenvalue weighted by Gasteiger charge is 2.08. The zero-order valence-corrected chi connectivity index (χ0v) is 11.3. The number of aromatic nitrogens is 2. The number of hydrogen-bond donors (Lipinski definition) is 2. The predicted molar refractivity (Wildman–Crippen MR) is 70.8 cm³/mol. The normalized spacial score (nSPS) is 11.7. The number of imidazole rings is 1. The van der Waals surface area contributed by atoms with Gasteiger partial charge in [0.25, 0.3) is 0 Å². The highest BCUT2D eigenvalue weighted by molar-refractivity contribution is 5.78. The van der Waals surface area contributed by atoms with Gasteiger partial charge in [0.15, 0.2) is 0 Å². The SMILES string of the molecule is COCCCN=C(NN)N(C)Cc1nccn1C. The average Bonchev–Trinajstić information content (AvgIpc) is 2.75. The summed E-state index contributed by atoms with van der Waals surface area (Å²) in [7, 11) is 5.56. The third-order valence-corrected chi connectivity index (χ3v) is 2.56. The lowest BCUT2D eigenvalue weighted by Crippen LogP contribution is -2.42. The van der Waals surface area contributed by atoms with Crippen LogP contribution in [0.25, 0.3) is 0 Å². The Morgan fingerprint density at radius 1 is 1.67 bits per heavy atom. The Labute approximate surface area is 108 Å². The van der Waals surface area contributed by atoms with Gasteiger partial charge in [0.2, 0.25) is 5.96 Å². The molecule has 0 saturated heterocycles. The molecule has 1 heterocycles. The molecule has 0 aliphatic carbocycles. The average molecular weight is 254 g/mol. The second-order valence-electron chi connectivity index (χ2n) is 4.01. The Morgan fingerprint density at radius 3 is 3.00 bits per heavy atom. The monoisotopic (exact) mass is 254 g/mol. The minimum Gasteiger partial charge on any atom is -0.385 e. The van der Waals surface area contributed by atoms with E-state index in [0.717, 1.165) is 12.2 Å². The summed E-state index contributed by atoms with van der Waals surface area (Å²) in [6.45, 7) is 2.03. The van der Waals surface area contributed by atoms with Crippen LogP contribution in [0.1, 0.15) is 12.2 Å². The summed E-state index contributed by atoms with van der Waals surface area (Å²) in [4.78, 5) is 10.6. The number of nitrogens with two attached hydrogens (primary N) is 1. The van der Waals surface area contributed by atoms with Crippen molar-refractivity contribution in [3.05, 3.63) is 18.2 Å². The number of methoxy groups -OCH3 is 1. The number of rotatable bonds is 6. The summed E-state index contributed by atoms with van der Waals surface area (Å²) >= 11 is 0. The first-order valence-electron chi connectivity index (χ1n) is 5.86. The topological polar surface area (TPSA) is 80.7 Å². The standard InChI is InChI=1S/C11H22N6O/c1-16-7-6-13-10(16)9-17(2)11(15-12)14-5-4-8-18-3/h6-7H,4-5,8-9,12H2,1-3H3,(H,14,15). The molecule has 0 aliphatic heterocycles. The molecule has 0 aliphatic rings. The second kappa shape index (κ2) is 7.67. The summed E-state index contributed by atoms with van der Waals surface area (Å²) in [5.41, 5.74) is 2.61. The van der Waals surface area contributed by atoms with Crippen LogP contribution in [0.5, 0.6) is 0 Å². The first kappa shape index (κ1) is 14.5. The van der Waals surface area contributed by atoms with Gasteiger partial charge in [-0.2, -0.15) is 0 Å². The van der Waals surface area contributed by atoms with Crippen molar-refractivity contribution in [1.29, 1.82) is 0 Å². The zero-order valence-electron chi connectivity index (χ0n) is 11.3. The predicted octanol–water partition coefficient (Wildman–Crippen LogP) is -0.292. The molecule has 3 N–H and O–H groups in total. The Morgan fingerprint density at radius 2 is 2.44 bits per heavy atom. The largest absolute Gasteiger partial charge is 0.385 e. The van der Waals surface area contributed by atoms with E-state index in [9.17, 15) is 0 Å². The summed E-state index contributed by atoms with van der Waals surface area (Å²) in [6.07, 6.45) is 4.56. The maximum absolute atomic E-state index is 5.47. The van der Waals surface area contributed by atoms with Crippen LogP contribution >= 0.6 is 0 Å². The van der Waals surface area contributed by atoms with E-state index < -0.39 is 0 Å². The molecule has 7 nitrogen and oxygen atoms in total.